The van der Waals surface area contributed by atoms with Crippen molar-refractivity contribution in [1.29, 1.82) is 0 Å². The van der Waals surface area contributed by atoms with Crippen LogP contribution in [0.5, 0.6) is 5.75 Å². The van der Waals surface area contributed by atoms with Crippen LogP contribution < -0.4 is 10.1 Å². The maximum absolute atomic E-state index is 13.0. The minimum absolute atomic E-state index is 0.0378. The zero-order valence-corrected chi connectivity index (χ0v) is 19.1. The third-order valence-electron chi connectivity index (χ3n) is 5.02. The molecule has 0 radical (unpaired) electrons. The summed E-state index contributed by atoms with van der Waals surface area (Å²) in [6, 6.07) is 17.2. The van der Waals surface area contributed by atoms with E-state index in [2.05, 4.69) is 5.32 Å². The van der Waals surface area contributed by atoms with E-state index in [1.165, 1.54) is 0 Å². The molecule has 162 valence electrons. The van der Waals surface area contributed by atoms with E-state index >= 15 is 0 Å². The van der Waals surface area contributed by atoms with Crippen molar-refractivity contribution in [1.82, 2.24) is 10.2 Å². The molecule has 1 N–H and O–H groups in total. The van der Waals surface area contributed by atoms with E-state index in [9.17, 15) is 9.59 Å². The molecule has 2 aromatic carbocycles. The second-order valence-electron chi connectivity index (χ2n) is 7.34. The van der Waals surface area contributed by atoms with E-state index < -0.39 is 6.04 Å². The lowest BCUT2D eigenvalue weighted by Gasteiger charge is -2.29. The Morgan fingerprint density at radius 1 is 1.03 bits per heavy atom. The van der Waals surface area contributed by atoms with Crippen LogP contribution in [0.1, 0.15) is 38.3 Å². The van der Waals surface area contributed by atoms with Gasteiger partial charge in [0, 0.05) is 18.3 Å². The number of nitrogens with zero attached hydrogens (tertiary/aromatic N) is 1. The number of carbonyl (C=O) groups excluding carboxylic acids is 2. The van der Waals surface area contributed by atoms with Gasteiger partial charge in [0.15, 0.2) is 0 Å². The summed E-state index contributed by atoms with van der Waals surface area (Å²) < 4.78 is 5.18. The van der Waals surface area contributed by atoms with Crippen LogP contribution >= 0.6 is 11.8 Å². The Balaban J connectivity index is 2.02. The molecule has 2 aromatic rings. The van der Waals surface area contributed by atoms with Gasteiger partial charge in [0.1, 0.15) is 11.8 Å². The average Bonchev–Trinajstić information content (AvgIpc) is 2.77. The van der Waals surface area contributed by atoms with Gasteiger partial charge in [0.2, 0.25) is 11.8 Å². The van der Waals surface area contributed by atoms with Crippen molar-refractivity contribution in [3.8, 4) is 5.75 Å². The van der Waals surface area contributed by atoms with E-state index in [0.29, 0.717) is 12.3 Å². The van der Waals surface area contributed by atoms with Crippen LogP contribution in [0.4, 0.5) is 0 Å². The number of ether oxygens (including phenoxy) is 1. The molecule has 0 spiro atoms. The molecule has 30 heavy (non-hydrogen) atoms. The first-order valence-corrected chi connectivity index (χ1v) is 11.4. The quantitative estimate of drug-likeness (QED) is 0.581. The Bertz CT molecular complexity index is 796. The van der Waals surface area contributed by atoms with Crippen LogP contribution in [-0.2, 0) is 21.9 Å². The van der Waals surface area contributed by atoms with Crippen LogP contribution in [-0.4, -0.2) is 41.7 Å². The minimum Gasteiger partial charge on any atom is -0.497 e. The fourth-order valence-electron chi connectivity index (χ4n) is 2.89. The fraction of sp³-hybridized carbons (Fsp3) is 0.417. The summed E-state index contributed by atoms with van der Waals surface area (Å²) in [4.78, 5) is 27.4. The molecule has 6 heteroatoms. The average molecular weight is 429 g/mol. The van der Waals surface area contributed by atoms with Gasteiger partial charge in [-0.15, -0.1) is 11.8 Å². The highest BCUT2D eigenvalue weighted by Crippen LogP contribution is 2.18. The Morgan fingerprint density at radius 3 is 2.30 bits per heavy atom. The summed E-state index contributed by atoms with van der Waals surface area (Å²) in [5, 5.41) is 2.99. The molecular weight excluding hydrogens is 396 g/mol. The first-order chi connectivity index (χ1) is 14.4. The first-order valence-electron chi connectivity index (χ1n) is 10.3. The second kappa shape index (κ2) is 12.3. The molecule has 0 aliphatic heterocycles. The van der Waals surface area contributed by atoms with E-state index in [4.69, 9.17) is 4.74 Å². The van der Waals surface area contributed by atoms with Gasteiger partial charge in [-0.3, -0.25) is 9.59 Å². The van der Waals surface area contributed by atoms with Crippen LogP contribution in [0.2, 0.25) is 0 Å². The predicted octanol–water partition coefficient (Wildman–Crippen LogP) is 4.26. The van der Waals surface area contributed by atoms with Gasteiger partial charge in [-0.2, -0.15) is 0 Å². The molecule has 2 rings (SSSR count). The van der Waals surface area contributed by atoms with Crippen LogP contribution in [0, 0.1) is 0 Å². The van der Waals surface area contributed by atoms with Crippen molar-refractivity contribution in [2.24, 2.45) is 0 Å². The highest BCUT2D eigenvalue weighted by molar-refractivity contribution is 7.99. The predicted molar refractivity (Wildman–Crippen MR) is 124 cm³/mol. The van der Waals surface area contributed by atoms with E-state index in [0.717, 1.165) is 29.1 Å². The maximum Gasteiger partial charge on any atom is 0.242 e. The summed E-state index contributed by atoms with van der Waals surface area (Å²) >= 11 is 1.55. The summed E-state index contributed by atoms with van der Waals surface area (Å²) in [5.74, 6) is 1.70. The van der Waals surface area contributed by atoms with Gasteiger partial charge in [0.25, 0.3) is 0 Å². The van der Waals surface area contributed by atoms with Crippen molar-refractivity contribution < 1.29 is 14.3 Å². The van der Waals surface area contributed by atoms with Crippen molar-refractivity contribution in [2.45, 2.75) is 51.6 Å². The molecule has 0 saturated heterocycles. The summed E-state index contributed by atoms with van der Waals surface area (Å²) in [5.41, 5.74) is 2.14. The largest absolute Gasteiger partial charge is 0.497 e. The number of carbonyl (C=O) groups is 2. The lowest BCUT2D eigenvalue weighted by molar-refractivity contribution is -0.138. The normalized spacial score (nSPS) is 12.7. The third kappa shape index (κ3) is 7.41. The number of methoxy groups -OCH3 is 1. The molecule has 5 nitrogen and oxygen atoms in total. The molecule has 0 heterocycles. The minimum atomic E-state index is -0.534. The molecule has 2 atom stereocenters. The van der Waals surface area contributed by atoms with Crippen LogP contribution in [0.15, 0.2) is 54.6 Å². The van der Waals surface area contributed by atoms with Gasteiger partial charge >= 0.3 is 0 Å². The lowest BCUT2D eigenvalue weighted by Crippen LogP contribution is -2.50. The van der Waals surface area contributed by atoms with E-state index in [-0.39, 0.29) is 17.9 Å². The SMILES string of the molecule is CC[C@H](C)NC(=O)[C@@H](C)N(Cc1ccccc1)C(=O)CSCc1ccc(OC)cc1. The highest BCUT2D eigenvalue weighted by Gasteiger charge is 2.26. The standard InChI is InChI=1S/C24H32N2O3S/c1-5-18(2)25-24(28)19(3)26(15-20-9-7-6-8-10-20)23(27)17-30-16-21-11-13-22(29-4)14-12-21/h6-14,18-19H,5,15-17H2,1-4H3,(H,25,28)/t18-,19+/m0/s1. The molecule has 0 fully saturated rings. The topological polar surface area (TPSA) is 58.6 Å². The fourth-order valence-corrected chi connectivity index (χ4v) is 3.76. The zero-order valence-electron chi connectivity index (χ0n) is 18.3. The Kier molecular flexibility index (Phi) is 9.74. The van der Waals surface area contributed by atoms with Crippen molar-refractivity contribution >= 4 is 23.6 Å². The highest BCUT2D eigenvalue weighted by atomic mass is 32.2. The van der Waals surface area contributed by atoms with Gasteiger partial charge in [-0.05, 0) is 43.5 Å². The molecule has 0 saturated carbocycles. The third-order valence-corrected chi connectivity index (χ3v) is 6.01. The maximum atomic E-state index is 13.0. The number of nitrogens with one attached hydrogen (secondary N) is 1. The van der Waals surface area contributed by atoms with Crippen LogP contribution in [0.25, 0.3) is 0 Å². The zero-order chi connectivity index (χ0) is 21.9. The molecule has 0 aliphatic rings. The molecule has 0 bridgehead atoms. The van der Waals surface area contributed by atoms with Crippen molar-refractivity contribution in [3.05, 3.63) is 65.7 Å². The molecule has 0 aliphatic carbocycles. The van der Waals surface area contributed by atoms with Crippen LogP contribution in [0.3, 0.4) is 0 Å². The number of amides is 2. The van der Waals surface area contributed by atoms with Gasteiger partial charge in [-0.25, -0.2) is 0 Å². The van der Waals surface area contributed by atoms with Gasteiger partial charge < -0.3 is 15.0 Å². The number of rotatable bonds is 11. The monoisotopic (exact) mass is 428 g/mol. The van der Waals surface area contributed by atoms with Gasteiger partial charge in [-0.1, -0.05) is 49.4 Å². The summed E-state index contributed by atoms with van der Waals surface area (Å²) in [7, 11) is 1.64. The molecular formula is C24H32N2O3S. The first kappa shape index (κ1) is 23.8. The number of hydrogen-bond acceptors (Lipinski definition) is 4. The Morgan fingerprint density at radius 2 is 1.70 bits per heavy atom. The Hall–Kier alpha value is -2.47. The summed E-state index contributed by atoms with van der Waals surface area (Å²) in [6.07, 6.45) is 0.850. The Labute approximate surface area is 184 Å². The molecule has 0 aromatic heterocycles. The summed E-state index contributed by atoms with van der Waals surface area (Å²) in [6.45, 7) is 6.21. The van der Waals surface area contributed by atoms with Crippen molar-refractivity contribution in [2.75, 3.05) is 12.9 Å². The van der Waals surface area contributed by atoms with Gasteiger partial charge in [0.05, 0.1) is 12.9 Å². The number of thioether (sulfide) groups is 1. The number of benzene rings is 2. The van der Waals surface area contributed by atoms with E-state index in [1.54, 1.807) is 30.7 Å². The smallest absolute Gasteiger partial charge is 0.242 e. The second-order valence-corrected chi connectivity index (χ2v) is 8.33. The molecule has 2 amide bonds. The molecule has 0 unspecified atom stereocenters. The van der Waals surface area contributed by atoms with E-state index in [1.807, 2.05) is 68.4 Å². The number of hydrogen-bond donors (Lipinski definition) is 1. The van der Waals surface area contributed by atoms with Crippen molar-refractivity contribution in [3.63, 3.8) is 0 Å². The lowest BCUT2D eigenvalue weighted by atomic mass is 10.1.